The van der Waals surface area contributed by atoms with E-state index in [1.807, 2.05) is 12.3 Å². The molecule has 0 aliphatic carbocycles. The van der Waals surface area contributed by atoms with Crippen LogP contribution >= 0.6 is 0 Å². The van der Waals surface area contributed by atoms with E-state index in [2.05, 4.69) is 52.5 Å². The van der Waals surface area contributed by atoms with Gasteiger partial charge in [-0.2, -0.15) is 0 Å². The Morgan fingerprint density at radius 1 is 0.917 bits per heavy atom. The SMILES string of the molecule is c1cnc2c(-c3ccc(C45CCCN(CC4)C5)cn3)cccc2c1. The summed E-state index contributed by atoms with van der Waals surface area (Å²) in [6.45, 7) is 3.73. The monoisotopic (exact) mass is 315 g/mol. The number of hydrogen-bond donors (Lipinski definition) is 0. The Labute approximate surface area is 142 Å². The van der Waals surface area contributed by atoms with Crippen LogP contribution < -0.4 is 0 Å². The van der Waals surface area contributed by atoms with Gasteiger partial charge in [-0.3, -0.25) is 9.97 Å². The summed E-state index contributed by atoms with van der Waals surface area (Å²) >= 11 is 0. The van der Waals surface area contributed by atoms with Gasteiger partial charge in [-0.25, -0.2) is 0 Å². The van der Waals surface area contributed by atoms with Crippen molar-refractivity contribution in [1.82, 2.24) is 14.9 Å². The molecular weight excluding hydrogens is 294 g/mol. The Hall–Kier alpha value is -2.26. The van der Waals surface area contributed by atoms with Gasteiger partial charge in [-0.05, 0) is 50.0 Å². The average molecular weight is 315 g/mol. The third-order valence-corrected chi connectivity index (χ3v) is 5.85. The van der Waals surface area contributed by atoms with E-state index in [1.54, 1.807) is 0 Å². The van der Waals surface area contributed by atoms with Crippen LogP contribution in [0.5, 0.6) is 0 Å². The summed E-state index contributed by atoms with van der Waals surface area (Å²) in [5, 5.41) is 1.16. The molecule has 24 heavy (non-hydrogen) atoms. The zero-order valence-electron chi connectivity index (χ0n) is 13.8. The highest BCUT2D eigenvalue weighted by atomic mass is 15.2. The fraction of sp³-hybridized carbons (Fsp3) is 0.333. The zero-order valence-corrected chi connectivity index (χ0v) is 13.8. The van der Waals surface area contributed by atoms with Crippen LogP contribution in [0, 0.1) is 0 Å². The van der Waals surface area contributed by atoms with Crippen molar-refractivity contribution in [2.45, 2.75) is 24.7 Å². The third-order valence-electron chi connectivity index (χ3n) is 5.85. The summed E-state index contributed by atoms with van der Waals surface area (Å²) < 4.78 is 0. The second-order valence-electron chi connectivity index (χ2n) is 7.22. The number of fused-ring (bicyclic) bond motifs is 3. The van der Waals surface area contributed by atoms with Crippen molar-refractivity contribution in [1.29, 1.82) is 0 Å². The molecule has 0 amide bonds. The molecule has 1 aromatic carbocycles. The van der Waals surface area contributed by atoms with Crippen molar-refractivity contribution >= 4 is 10.9 Å². The lowest BCUT2D eigenvalue weighted by molar-refractivity contribution is 0.243. The summed E-state index contributed by atoms with van der Waals surface area (Å²) in [6, 6.07) is 14.9. The molecule has 2 bridgehead atoms. The van der Waals surface area contributed by atoms with Gasteiger partial charge in [0.25, 0.3) is 0 Å². The molecule has 0 saturated carbocycles. The van der Waals surface area contributed by atoms with Crippen LogP contribution in [0.3, 0.4) is 0 Å². The van der Waals surface area contributed by atoms with Crippen molar-refractivity contribution in [2.75, 3.05) is 19.6 Å². The maximum Gasteiger partial charge on any atom is 0.0795 e. The topological polar surface area (TPSA) is 29.0 Å². The Morgan fingerprint density at radius 3 is 2.79 bits per heavy atom. The molecule has 4 heterocycles. The number of aromatic nitrogens is 2. The molecule has 3 nitrogen and oxygen atoms in total. The van der Waals surface area contributed by atoms with Crippen LogP contribution in [0.1, 0.15) is 24.8 Å². The van der Waals surface area contributed by atoms with Gasteiger partial charge in [0.05, 0.1) is 11.2 Å². The lowest BCUT2D eigenvalue weighted by Gasteiger charge is -2.34. The highest BCUT2D eigenvalue weighted by Gasteiger charge is 2.42. The van der Waals surface area contributed by atoms with E-state index in [0.717, 1.165) is 22.2 Å². The van der Waals surface area contributed by atoms with Crippen LogP contribution in [-0.4, -0.2) is 34.5 Å². The van der Waals surface area contributed by atoms with Gasteiger partial charge in [0, 0.05) is 35.3 Å². The lowest BCUT2D eigenvalue weighted by atomic mass is 9.75. The molecule has 2 aliphatic rings. The second-order valence-corrected chi connectivity index (χ2v) is 7.22. The summed E-state index contributed by atoms with van der Waals surface area (Å²) in [6.07, 6.45) is 7.87. The summed E-state index contributed by atoms with van der Waals surface area (Å²) in [5.41, 5.74) is 4.93. The van der Waals surface area contributed by atoms with Crippen molar-refractivity contribution < 1.29 is 0 Å². The smallest absolute Gasteiger partial charge is 0.0795 e. The highest BCUT2D eigenvalue weighted by Crippen LogP contribution is 2.42. The molecule has 0 radical (unpaired) electrons. The van der Waals surface area contributed by atoms with Crippen LogP contribution in [0.2, 0.25) is 0 Å². The van der Waals surface area contributed by atoms with Gasteiger partial charge >= 0.3 is 0 Å². The molecule has 5 rings (SSSR count). The van der Waals surface area contributed by atoms with E-state index < -0.39 is 0 Å². The Balaban J connectivity index is 1.54. The fourth-order valence-corrected chi connectivity index (χ4v) is 4.55. The molecule has 2 saturated heterocycles. The molecule has 2 aliphatic heterocycles. The first-order valence-electron chi connectivity index (χ1n) is 8.87. The summed E-state index contributed by atoms with van der Waals surface area (Å²) in [7, 11) is 0. The Morgan fingerprint density at radius 2 is 1.88 bits per heavy atom. The highest BCUT2D eigenvalue weighted by molar-refractivity contribution is 5.92. The molecule has 2 atom stereocenters. The van der Waals surface area contributed by atoms with Gasteiger partial charge in [0.15, 0.2) is 0 Å². The molecular formula is C21H21N3. The first-order chi connectivity index (χ1) is 11.8. The van der Waals surface area contributed by atoms with Crippen molar-refractivity contribution in [2.24, 2.45) is 0 Å². The van der Waals surface area contributed by atoms with E-state index in [0.29, 0.717) is 5.41 Å². The normalized spacial score (nSPS) is 25.9. The minimum atomic E-state index is 0.348. The van der Waals surface area contributed by atoms with Gasteiger partial charge in [0.1, 0.15) is 0 Å². The van der Waals surface area contributed by atoms with E-state index in [-0.39, 0.29) is 0 Å². The Bertz CT molecular complexity index is 878. The van der Waals surface area contributed by atoms with Gasteiger partial charge < -0.3 is 4.90 Å². The number of nitrogens with zero attached hydrogens (tertiary/aromatic N) is 3. The van der Waals surface area contributed by atoms with Crippen LogP contribution in [-0.2, 0) is 5.41 Å². The number of para-hydroxylation sites is 1. The summed E-state index contributed by atoms with van der Waals surface area (Å²) in [5.74, 6) is 0. The molecule has 3 heteroatoms. The first-order valence-corrected chi connectivity index (χ1v) is 8.87. The maximum atomic E-state index is 4.83. The summed E-state index contributed by atoms with van der Waals surface area (Å²) in [4.78, 5) is 12.0. The minimum Gasteiger partial charge on any atom is -0.302 e. The average Bonchev–Trinajstić information content (AvgIpc) is 2.96. The third kappa shape index (κ3) is 2.15. The number of hydrogen-bond acceptors (Lipinski definition) is 3. The molecule has 0 spiro atoms. The number of rotatable bonds is 2. The number of benzene rings is 1. The largest absolute Gasteiger partial charge is 0.302 e. The van der Waals surface area contributed by atoms with E-state index in [1.165, 1.54) is 44.5 Å². The van der Waals surface area contributed by atoms with Crippen LogP contribution in [0.25, 0.3) is 22.2 Å². The molecule has 2 unspecified atom stereocenters. The number of piperidine rings is 1. The fourth-order valence-electron chi connectivity index (χ4n) is 4.55. The number of pyridine rings is 2. The lowest BCUT2D eigenvalue weighted by Crippen LogP contribution is -2.36. The predicted octanol–water partition coefficient (Wildman–Crippen LogP) is 4.03. The van der Waals surface area contributed by atoms with E-state index in [9.17, 15) is 0 Å². The van der Waals surface area contributed by atoms with Gasteiger partial charge in [0.2, 0.25) is 0 Å². The van der Waals surface area contributed by atoms with Crippen LogP contribution in [0.15, 0.2) is 54.9 Å². The Kier molecular flexibility index (Phi) is 3.17. The quantitative estimate of drug-likeness (QED) is 0.715. The minimum absolute atomic E-state index is 0.348. The van der Waals surface area contributed by atoms with E-state index >= 15 is 0 Å². The van der Waals surface area contributed by atoms with Crippen molar-refractivity contribution in [3.8, 4) is 11.3 Å². The molecule has 2 fully saturated rings. The molecule has 120 valence electrons. The molecule has 2 aromatic heterocycles. The van der Waals surface area contributed by atoms with Crippen molar-refractivity contribution in [3.63, 3.8) is 0 Å². The van der Waals surface area contributed by atoms with E-state index in [4.69, 9.17) is 4.98 Å². The van der Waals surface area contributed by atoms with Gasteiger partial charge in [-0.1, -0.05) is 30.3 Å². The molecule has 0 N–H and O–H groups in total. The van der Waals surface area contributed by atoms with Gasteiger partial charge in [-0.15, -0.1) is 0 Å². The standard InChI is InChI=1S/C21H21N3/c1-4-16-5-2-11-22-20(16)18(6-1)19-8-7-17(14-23-19)21-9-3-12-24(15-21)13-10-21/h1-2,4-8,11,14H,3,9-10,12-13,15H2. The second kappa shape index (κ2) is 5.38. The predicted molar refractivity (Wildman–Crippen MR) is 96.9 cm³/mol. The zero-order chi connectivity index (χ0) is 16.0. The van der Waals surface area contributed by atoms with Crippen molar-refractivity contribution in [3.05, 3.63) is 60.4 Å². The molecule has 3 aromatic rings. The maximum absolute atomic E-state index is 4.83. The van der Waals surface area contributed by atoms with Crippen LogP contribution in [0.4, 0.5) is 0 Å². The first kappa shape index (κ1) is 14.1.